The van der Waals surface area contributed by atoms with Crippen LogP contribution in [0.25, 0.3) is 0 Å². The van der Waals surface area contributed by atoms with Crippen LogP contribution in [-0.4, -0.2) is 35.5 Å². The van der Waals surface area contributed by atoms with E-state index < -0.39 is 0 Å². The third kappa shape index (κ3) is 4.42. The van der Waals surface area contributed by atoms with E-state index in [1.54, 1.807) is 6.07 Å². The Labute approximate surface area is 165 Å². The average molecular weight is 378 g/mol. The maximum Gasteiger partial charge on any atom is 0.254 e. The maximum absolute atomic E-state index is 13.2. The van der Waals surface area contributed by atoms with Gasteiger partial charge in [-0.05, 0) is 56.4 Å². The zero-order valence-electron chi connectivity index (χ0n) is 16.2. The van der Waals surface area contributed by atoms with Gasteiger partial charge in [0.15, 0.2) is 0 Å². The van der Waals surface area contributed by atoms with E-state index in [4.69, 9.17) is 4.74 Å². The molecule has 1 aliphatic carbocycles. The molecule has 2 aromatic carbocycles. The molecule has 5 heteroatoms. The number of ether oxygens (including phenoxy) is 1. The number of carbonyl (C=O) groups is 2. The number of amides is 2. The van der Waals surface area contributed by atoms with Crippen molar-refractivity contribution in [2.45, 2.75) is 51.3 Å². The molecule has 2 amide bonds. The van der Waals surface area contributed by atoms with Crippen LogP contribution in [0.5, 0.6) is 0 Å². The number of hydrogen-bond donors (Lipinski definition) is 1. The molecular formula is C23H26N2O3. The fraction of sp³-hybridized carbons (Fsp3) is 0.391. The van der Waals surface area contributed by atoms with Gasteiger partial charge in [-0.15, -0.1) is 0 Å². The lowest BCUT2D eigenvalue weighted by Crippen LogP contribution is -2.32. The Morgan fingerprint density at radius 1 is 1.11 bits per heavy atom. The molecule has 4 rings (SSSR count). The predicted octanol–water partition coefficient (Wildman–Crippen LogP) is 3.92. The van der Waals surface area contributed by atoms with E-state index in [1.165, 1.54) is 5.56 Å². The topological polar surface area (TPSA) is 58.6 Å². The summed E-state index contributed by atoms with van der Waals surface area (Å²) in [7, 11) is 0. The molecule has 28 heavy (non-hydrogen) atoms. The molecule has 1 heterocycles. The second-order valence-corrected chi connectivity index (χ2v) is 7.72. The average Bonchev–Trinajstić information content (AvgIpc) is 3.39. The first kappa shape index (κ1) is 18.7. The molecule has 1 saturated carbocycles. The highest BCUT2D eigenvalue weighted by molar-refractivity contribution is 5.98. The molecule has 5 nitrogen and oxygen atoms in total. The molecule has 0 aromatic heterocycles. The molecule has 0 spiro atoms. The minimum Gasteiger partial charge on any atom is -0.368 e. The van der Waals surface area contributed by atoms with E-state index in [0.29, 0.717) is 30.4 Å². The molecule has 1 aliphatic heterocycles. The van der Waals surface area contributed by atoms with Gasteiger partial charge in [0.1, 0.15) is 6.10 Å². The highest BCUT2D eigenvalue weighted by Gasteiger charge is 2.33. The van der Waals surface area contributed by atoms with Gasteiger partial charge in [-0.25, -0.2) is 0 Å². The summed E-state index contributed by atoms with van der Waals surface area (Å²) in [5.74, 6) is -0.128. The highest BCUT2D eigenvalue weighted by Crippen LogP contribution is 2.30. The van der Waals surface area contributed by atoms with Crippen molar-refractivity contribution in [2.75, 3.05) is 11.9 Å². The number of benzene rings is 2. The van der Waals surface area contributed by atoms with Crippen LogP contribution in [0.2, 0.25) is 0 Å². The van der Waals surface area contributed by atoms with Gasteiger partial charge < -0.3 is 15.0 Å². The molecule has 0 bridgehead atoms. The summed E-state index contributed by atoms with van der Waals surface area (Å²) in [6.07, 6.45) is 3.37. The van der Waals surface area contributed by atoms with Crippen LogP contribution in [0.4, 0.5) is 5.69 Å². The van der Waals surface area contributed by atoms with Gasteiger partial charge in [0.2, 0.25) is 0 Å². The van der Waals surface area contributed by atoms with Crippen molar-refractivity contribution in [1.29, 1.82) is 0 Å². The van der Waals surface area contributed by atoms with E-state index in [9.17, 15) is 9.59 Å². The fourth-order valence-corrected chi connectivity index (χ4v) is 3.55. The monoisotopic (exact) mass is 378 g/mol. The molecule has 0 radical (unpaired) electrons. The van der Waals surface area contributed by atoms with E-state index in [1.807, 2.05) is 23.1 Å². The number of hydrogen-bond acceptors (Lipinski definition) is 3. The predicted molar refractivity (Wildman–Crippen MR) is 108 cm³/mol. The Morgan fingerprint density at radius 2 is 1.89 bits per heavy atom. The van der Waals surface area contributed by atoms with Crippen molar-refractivity contribution in [2.24, 2.45) is 0 Å². The summed E-state index contributed by atoms with van der Waals surface area (Å²) in [6, 6.07) is 15.8. The van der Waals surface area contributed by atoms with Crippen LogP contribution in [0, 0.1) is 6.92 Å². The maximum atomic E-state index is 13.2. The first-order valence-electron chi connectivity index (χ1n) is 9.99. The molecular weight excluding hydrogens is 352 g/mol. The first-order chi connectivity index (χ1) is 13.6. The summed E-state index contributed by atoms with van der Waals surface area (Å²) >= 11 is 0. The summed E-state index contributed by atoms with van der Waals surface area (Å²) in [5, 5.41) is 2.88. The summed E-state index contributed by atoms with van der Waals surface area (Å²) in [6.45, 7) is 3.30. The normalized spacial score (nSPS) is 18.7. The number of nitrogens with one attached hydrogen (secondary N) is 1. The molecule has 1 atom stereocenters. The molecule has 1 unspecified atom stereocenters. The van der Waals surface area contributed by atoms with Gasteiger partial charge in [0.25, 0.3) is 11.8 Å². The van der Waals surface area contributed by atoms with Gasteiger partial charge in [0, 0.05) is 30.4 Å². The second kappa shape index (κ2) is 8.15. The van der Waals surface area contributed by atoms with Crippen molar-refractivity contribution in [3.8, 4) is 0 Å². The first-order valence-corrected chi connectivity index (χ1v) is 9.99. The molecule has 2 aliphatic rings. The Hall–Kier alpha value is -2.66. The van der Waals surface area contributed by atoms with Crippen molar-refractivity contribution >= 4 is 17.5 Å². The lowest BCUT2D eigenvalue weighted by molar-refractivity contribution is -0.124. The van der Waals surface area contributed by atoms with Crippen LogP contribution >= 0.6 is 0 Å². The van der Waals surface area contributed by atoms with Crippen LogP contribution in [0.1, 0.15) is 47.2 Å². The Kier molecular flexibility index (Phi) is 5.44. The molecule has 1 N–H and O–H groups in total. The van der Waals surface area contributed by atoms with Crippen LogP contribution in [-0.2, 0) is 16.1 Å². The van der Waals surface area contributed by atoms with E-state index in [-0.39, 0.29) is 17.9 Å². The van der Waals surface area contributed by atoms with Gasteiger partial charge in [-0.2, -0.15) is 0 Å². The molecule has 2 aromatic rings. The van der Waals surface area contributed by atoms with Gasteiger partial charge in [-0.3, -0.25) is 9.59 Å². The minimum absolute atomic E-state index is 0.0105. The van der Waals surface area contributed by atoms with E-state index in [0.717, 1.165) is 31.2 Å². The Bertz CT molecular complexity index is 852. The van der Waals surface area contributed by atoms with E-state index in [2.05, 4.69) is 36.5 Å². The lowest BCUT2D eigenvalue weighted by atomic mass is 10.1. The minimum atomic E-state index is -0.385. The van der Waals surface area contributed by atoms with Gasteiger partial charge in [-0.1, -0.05) is 35.9 Å². The number of rotatable bonds is 6. The molecule has 146 valence electrons. The summed E-state index contributed by atoms with van der Waals surface area (Å²) in [5.41, 5.74) is 3.58. The Balaban J connectivity index is 1.47. The van der Waals surface area contributed by atoms with Crippen molar-refractivity contribution in [3.63, 3.8) is 0 Å². The number of aryl methyl sites for hydroxylation is 1. The summed E-state index contributed by atoms with van der Waals surface area (Å²) < 4.78 is 5.43. The number of nitrogens with zero attached hydrogens (tertiary/aromatic N) is 1. The van der Waals surface area contributed by atoms with Crippen LogP contribution in [0.15, 0.2) is 48.5 Å². The smallest absolute Gasteiger partial charge is 0.254 e. The third-order valence-electron chi connectivity index (χ3n) is 5.32. The number of carbonyl (C=O) groups excluding carboxylic acids is 2. The zero-order valence-corrected chi connectivity index (χ0v) is 16.2. The summed E-state index contributed by atoms with van der Waals surface area (Å²) in [4.78, 5) is 27.4. The standard InChI is InChI=1S/C23H26N2O3/c1-16-7-9-17(10-8-16)15-25(20-11-12-20)23(27)18-4-2-5-19(14-18)24-22(26)21-6-3-13-28-21/h2,4-5,7-10,14,20-21H,3,6,11-13,15H2,1H3,(H,24,26). The zero-order chi connectivity index (χ0) is 19.5. The van der Waals surface area contributed by atoms with Crippen molar-refractivity contribution < 1.29 is 14.3 Å². The third-order valence-corrected chi connectivity index (χ3v) is 5.32. The van der Waals surface area contributed by atoms with Gasteiger partial charge in [0.05, 0.1) is 0 Å². The quantitative estimate of drug-likeness (QED) is 0.829. The van der Waals surface area contributed by atoms with Crippen LogP contribution in [0.3, 0.4) is 0 Å². The fourth-order valence-electron chi connectivity index (χ4n) is 3.55. The highest BCUT2D eigenvalue weighted by atomic mass is 16.5. The van der Waals surface area contributed by atoms with E-state index >= 15 is 0 Å². The van der Waals surface area contributed by atoms with Gasteiger partial charge >= 0.3 is 0 Å². The second-order valence-electron chi connectivity index (χ2n) is 7.72. The molecule has 1 saturated heterocycles. The SMILES string of the molecule is Cc1ccc(CN(C(=O)c2cccc(NC(=O)C3CCCO3)c2)C2CC2)cc1. The van der Waals surface area contributed by atoms with Crippen molar-refractivity contribution in [1.82, 2.24) is 4.90 Å². The lowest BCUT2D eigenvalue weighted by Gasteiger charge is -2.23. The van der Waals surface area contributed by atoms with Crippen LogP contribution < -0.4 is 5.32 Å². The largest absolute Gasteiger partial charge is 0.368 e. The van der Waals surface area contributed by atoms with Crippen molar-refractivity contribution in [3.05, 3.63) is 65.2 Å². The number of anilines is 1. The Morgan fingerprint density at radius 3 is 2.57 bits per heavy atom. The molecule has 2 fully saturated rings.